The topological polar surface area (TPSA) is 165 Å². The number of carbonyl (C=O) groups excluding carboxylic acids is 2. The number of amides is 3. The van der Waals surface area contributed by atoms with Crippen molar-refractivity contribution in [2.24, 2.45) is 11.6 Å². The molecular weight excluding hydrogens is 268 g/mol. The first kappa shape index (κ1) is 15.2. The fourth-order valence-electron chi connectivity index (χ4n) is 1.50. The fourth-order valence-corrected chi connectivity index (χ4v) is 1.50. The molecule has 1 aromatic rings. The number of para-hydroxylation sites is 1. The number of anilines is 1. The monoisotopic (exact) mass is 282 g/mol. The van der Waals surface area contributed by atoms with Gasteiger partial charge >= 0.3 is 11.7 Å². The maximum absolute atomic E-state index is 11.9. The van der Waals surface area contributed by atoms with Gasteiger partial charge in [-0.3, -0.25) is 20.8 Å². The maximum atomic E-state index is 11.9. The predicted octanol–water partition coefficient (Wildman–Crippen LogP) is -0.721. The highest BCUT2D eigenvalue weighted by molar-refractivity contribution is 6.00. The lowest BCUT2D eigenvalue weighted by Crippen LogP contribution is -2.37. The van der Waals surface area contributed by atoms with Gasteiger partial charge in [0, 0.05) is 13.1 Å². The number of nitrogen functional groups attached to an aromatic ring is 1. The molecule has 7 N–H and O–H groups in total. The summed E-state index contributed by atoms with van der Waals surface area (Å²) in [5, 5.41) is 15.7. The lowest BCUT2D eigenvalue weighted by Gasteiger charge is -2.08. The summed E-state index contributed by atoms with van der Waals surface area (Å²) in [6.45, 7) is 0.197. The molecule has 0 heterocycles. The van der Waals surface area contributed by atoms with E-state index in [-0.39, 0.29) is 24.3 Å². The van der Waals surface area contributed by atoms with Crippen LogP contribution >= 0.6 is 0 Å². The summed E-state index contributed by atoms with van der Waals surface area (Å²) in [4.78, 5) is 32.6. The first-order valence-corrected chi connectivity index (χ1v) is 5.53. The largest absolute Gasteiger partial charge is 0.352 e. The minimum Gasteiger partial charge on any atom is -0.352 e. The van der Waals surface area contributed by atoms with E-state index in [9.17, 15) is 19.7 Å². The van der Waals surface area contributed by atoms with Gasteiger partial charge in [0.05, 0.1) is 4.92 Å². The van der Waals surface area contributed by atoms with Gasteiger partial charge in [0.15, 0.2) is 0 Å². The summed E-state index contributed by atoms with van der Waals surface area (Å²) in [5.41, 5.74) is 6.48. The van der Waals surface area contributed by atoms with Crippen molar-refractivity contribution in [3.8, 4) is 0 Å². The first-order chi connectivity index (χ1) is 9.47. The molecule has 10 nitrogen and oxygen atoms in total. The minimum absolute atomic E-state index is 0.0258. The standard InChI is InChI=1S/C10H14N6O4/c11-10(18)14-5-4-13-9(17)6-2-1-3-7(15-12)8(6)16(19)20/h1-3,15H,4-5,12H2,(H,13,17)(H3,11,14,18). The lowest BCUT2D eigenvalue weighted by molar-refractivity contribution is -0.384. The van der Waals surface area contributed by atoms with Crippen LogP contribution in [0.25, 0.3) is 0 Å². The molecule has 20 heavy (non-hydrogen) atoms. The molecule has 0 bridgehead atoms. The van der Waals surface area contributed by atoms with Crippen molar-refractivity contribution in [1.82, 2.24) is 10.6 Å². The number of hydrazine groups is 1. The Hall–Kier alpha value is -2.88. The average Bonchev–Trinajstić information content (AvgIpc) is 2.41. The molecule has 1 aromatic carbocycles. The van der Waals surface area contributed by atoms with Gasteiger partial charge < -0.3 is 21.8 Å². The van der Waals surface area contributed by atoms with Gasteiger partial charge in [0.2, 0.25) is 0 Å². The zero-order valence-electron chi connectivity index (χ0n) is 10.4. The Labute approximate surface area is 113 Å². The molecule has 0 fully saturated rings. The van der Waals surface area contributed by atoms with Crippen LogP contribution < -0.4 is 27.6 Å². The Morgan fingerprint density at radius 3 is 2.45 bits per heavy atom. The van der Waals surface area contributed by atoms with Crippen molar-refractivity contribution >= 4 is 23.3 Å². The number of hydrogen-bond donors (Lipinski definition) is 5. The van der Waals surface area contributed by atoms with Gasteiger partial charge in [-0.1, -0.05) is 6.07 Å². The third kappa shape index (κ3) is 3.81. The van der Waals surface area contributed by atoms with Crippen LogP contribution in [0.3, 0.4) is 0 Å². The van der Waals surface area contributed by atoms with E-state index < -0.39 is 22.5 Å². The van der Waals surface area contributed by atoms with Crippen molar-refractivity contribution < 1.29 is 14.5 Å². The molecule has 0 unspecified atom stereocenters. The van der Waals surface area contributed by atoms with Crippen LogP contribution in [0, 0.1) is 10.1 Å². The number of nitro groups is 1. The Kier molecular flexibility index (Phi) is 5.23. The van der Waals surface area contributed by atoms with Gasteiger partial charge in [0.1, 0.15) is 11.3 Å². The van der Waals surface area contributed by atoms with Crippen molar-refractivity contribution in [2.45, 2.75) is 0 Å². The van der Waals surface area contributed by atoms with Gasteiger partial charge in [-0.2, -0.15) is 0 Å². The highest BCUT2D eigenvalue weighted by Gasteiger charge is 2.23. The second kappa shape index (κ2) is 6.89. The van der Waals surface area contributed by atoms with E-state index in [0.717, 1.165) is 0 Å². The second-order valence-corrected chi connectivity index (χ2v) is 3.65. The Morgan fingerprint density at radius 2 is 1.90 bits per heavy atom. The third-order valence-electron chi connectivity index (χ3n) is 2.33. The Morgan fingerprint density at radius 1 is 1.25 bits per heavy atom. The number of hydrogen-bond acceptors (Lipinski definition) is 6. The molecule has 0 saturated carbocycles. The molecule has 0 aliphatic rings. The van der Waals surface area contributed by atoms with Gasteiger partial charge in [-0.25, -0.2) is 4.79 Å². The summed E-state index contributed by atoms with van der Waals surface area (Å²) in [6.07, 6.45) is 0. The van der Waals surface area contributed by atoms with Gasteiger partial charge in [0.25, 0.3) is 5.91 Å². The molecule has 0 radical (unpaired) electrons. The summed E-state index contributed by atoms with van der Waals surface area (Å²) >= 11 is 0. The number of nitrogens with two attached hydrogens (primary N) is 2. The number of rotatable bonds is 6. The van der Waals surface area contributed by atoms with E-state index >= 15 is 0 Å². The number of nitrogens with one attached hydrogen (secondary N) is 3. The van der Waals surface area contributed by atoms with Crippen LogP contribution in [0.5, 0.6) is 0 Å². The fraction of sp³-hybridized carbons (Fsp3) is 0.200. The van der Waals surface area contributed by atoms with Crippen LogP contribution in [0.4, 0.5) is 16.2 Å². The average molecular weight is 282 g/mol. The molecule has 0 aliphatic carbocycles. The smallest absolute Gasteiger partial charge is 0.312 e. The van der Waals surface area contributed by atoms with E-state index in [1.807, 2.05) is 0 Å². The molecule has 1 rings (SSSR count). The SMILES string of the molecule is NNc1cccc(C(=O)NCCNC(N)=O)c1[N+](=O)[O-]. The highest BCUT2D eigenvalue weighted by atomic mass is 16.6. The minimum atomic E-state index is -0.723. The van der Waals surface area contributed by atoms with Crippen LogP contribution in [0.2, 0.25) is 0 Å². The first-order valence-electron chi connectivity index (χ1n) is 5.53. The van der Waals surface area contributed by atoms with E-state index in [2.05, 4.69) is 16.1 Å². The normalized spacial score (nSPS) is 9.65. The third-order valence-corrected chi connectivity index (χ3v) is 2.33. The molecule has 0 saturated heterocycles. The lowest BCUT2D eigenvalue weighted by atomic mass is 10.1. The number of benzene rings is 1. The zero-order chi connectivity index (χ0) is 15.1. The van der Waals surface area contributed by atoms with Crippen molar-refractivity contribution in [3.63, 3.8) is 0 Å². The predicted molar refractivity (Wildman–Crippen MR) is 70.8 cm³/mol. The number of carbonyl (C=O) groups is 2. The quantitative estimate of drug-likeness (QED) is 0.200. The zero-order valence-corrected chi connectivity index (χ0v) is 10.4. The van der Waals surface area contributed by atoms with Crippen LogP contribution in [0.15, 0.2) is 18.2 Å². The van der Waals surface area contributed by atoms with E-state index in [1.165, 1.54) is 18.2 Å². The Balaban J connectivity index is 2.82. The number of urea groups is 1. The highest BCUT2D eigenvalue weighted by Crippen LogP contribution is 2.27. The van der Waals surface area contributed by atoms with E-state index in [1.54, 1.807) is 0 Å². The van der Waals surface area contributed by atoms with Crippen LogP contribution in [0.1, 0.15) is 10.4 Å². The summed E-state index contributed by atoms with van der Waals surface area (Å²) < 4.78 is 0. The van der Waals surface area contributed by atoms with Crippen molar-refractivity contribution in [1.29, 1.82) is 0 Å². The van der Waals surface area contributed by atoms with Crippen molar-refractivity contribution in [2.75, 3.05) is 18.5 Å². The van der Waals surface area contributed by atoms with Crippen molar-refractivity contribution in [3.05, 3.63) is 33.9 Å². The van der Waals surface area contributed by atoms with Crippen LogP contribution in [-0.2, 0) is 0 Å². The molecule has 3 amide bonds. The van der Waals surface area contributed by atoms with Gasteiger partial charge in [-0.15, -0.1) is 0 Å². The van der Waals surface area contributed by atoms with Crippen LogP contribution in [-0.4, -0.2) is 30.0 Å². The summed E-state index contributed by atoms with van der Waals surface area (Å²) in [5.74, 6) is 4.51. The molecule has 108 valence electrons. The molecule has 0 aromatic heterocycles. The number of nitrogens with zero attached hydrogens (tertiary/aromatic N) is 1. The summed E-state index contributed by atoms with van der Waals surface area (Å²) in [6, 6.07) is 3.41. The number of nitro benzene ring substituents is 1. The molecular formula is C10H14N6O4. The molecule has 0 spiro atoms. The Bertz CT molecular complexity index is 532. The molecule has 0 aliphatic heterocycles. The number of primary amides is 1. The summed E-state index contributed by atoms with van der Waals surface area (Å²) in [7, 11) is 0. The second-order valence-electron chi connectivity index (χ2n) is 3.65. The molecule has 10 heteroatoms. The van der Waals surface area contributed by atoms with E-state index in [4.69, 9.17) is 11.6 Å². The molecule has 0 atom stereocenters. The van der Waals surface area contributed by atoms with Gasteiger partial charge in [-0.05, 0) is 12.1 Å². The van der Waals surface area contributed by atoms with E-state index in [0.29, 0.717) is 0 Å². The maximum Gasteiger partial charge on any atom is 0.312 e.